The highest BCUT2D eigenvalue weighted by atomic mass is 35.5. The van der Waals surface area contributed by atoms with E-state index < -0.39 is 0 Å². The van der Waals surface area contributed by atoms with E-state index in [9.17, 15) is 4.79 Å². The lowest BCUT2D eigenvalue weighted by atomic mass is 9.79. The second kappa shape index (κ2) is 11.0. The van der Waals surface area contributed by atoms with Crippen molar-refractivity contribution in [2.45, 2.75) is 32.3 Å². The van der Waals surface area contributed by atoms with Gasteiger partial charge in [-0.15, -0.1) is 0 Å². The van der Waals surface area contributed by atoms with Crippen molar-refractivity contribution in [3.05, 3.63) is 64.5 Å². The third kappa shape index (κ3) is 5.08. The number of aromatic nitrogens is 4. The van der Waals surface area contributed by atoms with Crippen LogP contribution in [0, 0.1) is 11.3 Å². The molecular formula is C31H33Cl2N7O2. The van der Waals surface area contributed by atoms with E-state index in [0.717, 1.165) is 86.5 Å². The Kier molecular flexibility index (Phi) is 7.20. The van der Waals surface area contributed by atoms with Gasteiger partial charge in [0.15, 0.2) is 0 Å². The largest absolute Gasteiger partial charge is 0.486 e. The molecule has 3 saturated heterocycles. The molecule has 9 nitrogen and oxygen atoms in total. The molecule has 3 aliphatic heterocycles. The summed E-state index contributed by atoms with van der Waals surface area (Å²) in [5, 5.41) is 12.9. The first-order valence-electron chi connectivity index (χ1n) is 14.5. The van der Waals surface area contributed by atoms with Crippen molar-refractivity contribution in [2.75, 3.05) is 44.2 Å². The van der Waals surface area contributed by atoms with E-state index in [1.807, 2.05) is 31.3 Å². The zero-order valence-electron chi connectivity index (χ0n) is 23.4. The fourth-order valence-corrected chi connectivity index (χ4v) is 7.38. The molecule has 2 N–H and O–H groups in total. The minimum absolute atomic E-state index is 0.189. The first-order chi connectivity index (χ1) is 20.4. The van der Waals surface area contributed by atoms with Gasteiger partial charge in [0.1, 0.15) is 23.4 Å². The number of ether oxygens (including phenoxy) is 1. The molecule has 1 amide bonds. The van der Waals surface area contributed by atoms with Gasteiger partial charge < -0.3 is 19.9 Å². The van der Waals surface area contributed by atoms with Gasteiger partial charge in [-0.3, -0.25) is 14.9 Å². The van der Waals surface area contributed by atoms with Crippen LogP contribution < -0.4 is 15.0 Å². The Hall–Kier alpha value is -3.40. The van der Waals surface area contributed by atoms with Crippen LogP contribution in [0.5, 0.6) is 5.75 Å². The fraction of sp³-hybridized carbons (Fsp3) is 0.419. The van der Waals surface area contributed by atoms with Gasteiger partial charge in [-0.25, -0.2) is 4.98 Å². The van der Waals surface area contributed by atoms with Crippen molar-refractivity contribution in [3.8, 4) is 17.0 Å². The standard InChI is InChI=1S/C31H33Cl2N7O2/c1-19(28-24(32)14-35-15-25(28)33)42-22-3-4-26-23(12-22)29(38-37-26)21-2-5-27(36-13-21)40-17-31(18-40)8-11-39(16-31)30(41)20-6-9-34-10-7-20/h2-5,12-15,19-20,34H,6-11,16-18H2,1H3,(H,37,38)/t19-/m1/s1. The summed E-state index contributed by atoms with van der Waals surface area (Å²) in [6, 6.07) is 9.95. The molecule has 3 fully saturated rings. The molecule has 6 heterocycles. The van der Waals surface area contributed by atoms with Crippen LogP contribution in [-0.4, -0.2) is 70.2 Å². The second-order valence-electron chi connectivity index (χ2n) is 11.9. The molecule has 7 rings (SSSR count). The molecule has 0 aliphatic carbocycles. The first kappa shape index (κ1) is 27.4. The smallest absolute Gasteiger partial charge is 0.225 e. The number of carbonyl (C=O) groups excluding carboxylic acids is 1. The number of carbonyl (C=O) groups is 1. The topological polar surface area (TPSA) is 99.3 Å². The number of anilines is 1. The lowest BCUT2D eigenvalue weighted by Crippen LogP contribution is -2.58. The number of halogens is 2. The van der Waals surface area contributed by atoms with Crippen LogP contribution in [0.25, 0.3) is 22.2 Å². The summed E-state index contributed by atoms with van der Waals surface area (Å²) in [6.45, 7) is 7.42. The lowest BCUT2D eigenvalue weighted by molar-refractivity contribution is -0.135. The molecule has 0 saturated carbocycles. The average molecular weight is 607 g/mol. The van der Waals surface area contributed by atoms with Crippen LogP contribution in [0.3, 0.4) is 0 Å². The maximum absolute atomic E-state index is 13.0. The van der Waals surface area contributed by atoms with Gasteiger partial charge >= 0.3 is 0 Å². The van der Waals surface area contributed by atoms with Gasteiger partial charge in [-0.1, -0.05) is 23.2 Å². The van der Waals surface area contributed by atoms with Crippen molar-refractivity contribution in [3.63, 3.8) is 0 Å². The van der Waals surface area contributed by atoms with Gasteiger partial charge in [0.2, 0.25) is 5.91 Å². The Balaban J connectivity index is 1.02. The van der Waals surface area contributed by atoms with Crippen molar-refractivity contribution in [2.24, 2.45) is 11.3 Å². The Morgan fingerprint density at radius 1 is 1.07 bits per heavy atom. The van der Waals surface area contributed by atoms with Crippen LogP contribution in [0.1, 0.15) is 37.9 Å². The van der Waals surface area contributed by atoms with E-state index in [2.05, 4.69) is 42.4 Å². The number of likely N-dealkylation sites (tertiary alicyclic amines) is 1. The third-order valence-electron chi connectivity index (χ3n) is 8.98. The molecule has 0 bridgehead atoms. The van der Waals surface area contributed by atoms with Crippen LogP contribution in [0.15, 0.2) is 48.9 Å². The van der Waals surface area contributed by atoms with Crippen molar-refractivity contribution < 1.29 is 9.53 Å². The van der Waals surface area contributed by atoms with Crippen LogP contribution in [-0.2, 0) is 4.79 Å². The molecule has 42 heavy (non-hydrogen) atoms. The number of nitrogens with zero attached hydrogens (tertiary/aromatic N) is 5. The monoisotopic (exact) mass is 605 g/mol. The van der Waals surface area contributed by atoms with E-state index in [4.69, 9.17) is 32.9 Å². The summed E-state index contributed by atoms with van der Waals surface area (Å²) in [4.78, 5) is 26.3. The van der Waals surface area contributed by atoms with E-state index in [1.54, 1.807) is 12.4 Å². The Morgan fingerprint density at radius 2 is 1.86 bits per heavy atom. The fourth-order valence-electron chi connectivity index (χ4n) is 6.71. The molecule has 3 aliphatic rings. The zero-order valence-corrected chi connectivity index (χ0v) is 25.0. The number of aromatic amines is 1. The molecule has 11 heteroatoms. The summed E-state index contributed by atoms with van der Waals surface area (Å²) < 4.78 is 6.22. The third-order valence-corrected chi connectivity index (χ3v) is 9.58. The number of benzene rings is 1. The van der Waals surface area contributed by atoms with Gasteiger partial charge in [0.25, 0.3) is 0 Å². The van der Waals surface area contributed by atoms with Crippen molar-refractivity contribution in [1.29, 1.82) is 0 Å². The van der Waals surface area contributed by atoms with Crippen LogP contribution in [0.2, 0.25) is 10.0 Å². The summed E-state index contributed by atoms with van der Waals surface area (Å²) >= 11 is 12.7. The van der Waals surface area contributed by atoms with Crippen molar-refractivity contribution >= 4 is 45.8 Å². The number of fused-ring (bicyclic) bond motifs is 1. The number of pyridine rings is 2. The predicted octanol–water partition coefficient (Wildman–Crippen LogP) is 5.51. The molecule has 0 radical (unpaired) electrons. The molecule has 1 aromatic carbocycles. The zero-order chi connectivity index (χ0) is 28.8. The minimum atomic E-state index is -0.365. The number of piperidine rings is 1. The number of hydrogen-bond acceptors (Lipinski definition) is 7. The summed E-state index contributed by atoms with van der Waals surface area (Å²) in [6.07, 6.45) is 7.63. The number of amides is 1. The van der Waals surface area contributed by atoms with Gasteiger partial charge in [0, 0.05) is 72.6 Å². The molecule has 1 atom stereocenters. The quantitative estimate of drug-likeness (QED) is 0.299. The second-order valence-corrected chi connectivity index (χ2v) is 12.7. The maximum atomic E-state index is 13.0. The molecule has 218 valence electrons. The summed E-state index contributed by atoms with van der Waals surface area (Å²) in [5.41, 5.74) is 3.53. The SMILES string of the molecule is C[C@@H](Oc1ccc2[nH]nc(-c3ccc(N4CC5(CCN(C(=O)C6CCNCC6)C5)C4)nc3)c2c1)c1c(Cl)cncc1Cl. The summed E-state index contributed by atoms with van der Waals surface area (Å²) in [7, 11) is 0. The maximum Gasteiger partial charge on any atom is 0.225 e. The number of nitrogens with one attached hydrogen (secondary N) is 2. The van der Waals surface area contributed by atoms with Gasteiger partial charge in [0.05, 0.1) is 15.6 Å². The normalized spacial score (nSPS) is 19.3. The Morgan fingerprint density at radius 3 is 2.60 bits per heavy atom. The number of H-pyrrole nitrogens is 1. The Bertz CT molecular complexity index is 1590. The highest BCUT2D eigenvalue weighted by Crippen LogP contribution is 2.42. The summed E-state index contributed by atoms with van der Waals surface area (Å²) in [5.74, 6) is 2.18. The van der Waals surface area contributed by atoms with E-state index in [1.165, 1.54) is 0 Å². The van der Waals surface area contributed by atoms with Crippen LogP contribution >= 0.6 is 23.2 Å². The molecule has 4 aromatic rings. The van der Waals surface area contributed by atoms with E-state index in [0.29, 0.717) is 27.3 Å². The highest BCUT2D eigenvalue weighted by molar-refractivity contribution is 6.35. The minimum Gasteiger partial charge on any atom is -0.486 e. The molecular weight excluding hydrogens is 573 g/mol. The molecule has 0 unspecified atom stereocenters. The van der Waals surface area contributed by atoms with E-state index in [-0.39, 0.29) is 17.4 Å². The average Bonchev–Trinajstić information content (AvgIpc) is 3.62. The lowest BCUT2D eigenvalue weighted by Gasteiger charge is -2.48. The molecule has 1 spiro atoms. The first-order valence-corrected chi connectivity index (χ1v) is 15.3. The van der Waals surface area contributed by atoms with Crippen molar-refractivity contribution in [1.82, 2.24) is 30.4 Å². The van der Waals surface area contributed by atoms with Crippen LogP contribution in [0.4, 0.5) is 5.82 Å². The predicted molar refractivity (Wildman–Crippen MR) is 164 cm³/mol. The molecule has 3 aromatic heterocycles. The Labute approximate surface area is 254 Å². The van der Waals surface area contributed by atoms with E-state index >= 15 is 0 Å². The van der Waals surface area contributed by atoms with Gasteiger partial charge in [-0.2, -0.15) is 5.10 Å². The number of hydrogen-bond donors (Lipinski definition) is 2. The highest BCUT2D eigenvalue weighted by Gasteiger charge is 2.49. The number of rotatable bonds is 6. The van der Waals surface area contributed by atoms with Gasteiger partial charge in [-0.05, 0) is 69.6 Å².